The first kappa shape index (κ1) is 6.11. The predicted molar refractivity (Wildman–Crippen MR) is 38.9 cm³/mol. The fraction of sp³-hybridized carbons (Fsp3) is 0.143. The molecular weight excluding hydrogens is 112 g/mol. The number of hydrogen-bond donors (Lipinski definition) is 2. The van der Waals surface area contributed by atoms with Crippen molar-refractivity contribution in [1.82, 2.24) is 4.98 Å². The molecule has 3 N–H and O–H groups in total. The fourth-order valence-corrected chi connectivity index (χ4v) is 0.643. The van der Waals surface area contributed by atoms with Crippen LogP contribution in [-0.4, -0.2) is 11.5 Å². The minimum Gasteiger partial charge on any atom is -0.362 e. The number of aromatic nitrogens is 1. The van der Waals surface area contributed by atoms with Gasteiger partial charge in [0.15, 0.2) is 0 Å². The third kappa shape index (κ3) is 1.74. The van der Waals surface area contributed by atoms with Gasteiger partial charge in [-0.25, -0.2) is 0 Å². The van der Waals surface area contributed by atoms with Gasteiger partial charge in [0.05, 0.1) is 0 Å². The van der Waals surface area contributed by atoms with E-state index in [0.29, 0.717) is 6.54 Å². The van der Waals surface area contributed by atoms with E-state index in [4.69, 9.17) is 5.73 Å². The summed E-state index contributed by atoms with van der Waals surface area (Å²) < 4.78 is 0. The number of aromatic amines is 1. The summed E-state index contributed by atoms with van der Waals surface area (Å²) in [4.78, 5) is 3.03. The smallest absolute Gasteiger partial charge is 0.0377 e. The predicted octanol–water partition coefficient (Wildman–Crippen LogP) is 0.987. The maximum Gasteiger partial charge on any atom is 0.0377 e. The molecule has 0 aliphatic carbocycles. The molecule has 0 bridgehead atoms. The number of rotatable bonds is 2. The summed E-state index contributed by atoms with van der Waals surface area (Å²) in [5.41, 5.74) is 6.34. The van der Waals surface area contributed by atoms with Crippen LogP contribution in [0.25, 0.3) is 6.08 Å². The molecule has 0 unspecified atom stereocenters. The zero-order valence-corrected chi connectivity index (χ0v) is 5.17. The van der Waals surface area contributed by atoms with Gasteiger partial charge in [0, 0.05) is 18.4 Å². The summed E-state index contributed by atoms with van der Waals surface area (Å²) >= 11 is 0. The molecule has 1 rings (SSSR count). The van der Waals surface area contributed by atoms with Gasteiger partial charge in [0.25, 0.3) is 0 Å². The summed E-state index contributed by atoms with van der Waals surface area (Å²) in [5.74, 6) is 0. The van der Waals surface area contributed by atoms with Crippen molar-refractivity contribution in [2.75, 3.05) is 6.54 Å². The molecule has 2 nitrogen and oxygen atoms in total. The lowest BCUT2D eigenvalue weighted by atomic mass is 10.4. The van der Waals surface area contributed by atoms with Crippen LogP contribution in [0.2, 0.25) is 0 Å². The Bertz CT molecular complexity index is 175. The van der Waals surface area contributed by atoms with Crippen LogP contribution in [0.5, 0.6) is 0 Å². The lowest BCUT2D eigenvalue weighted by Gasteiger charge is -1.81. The van der Waals surface area contributed by atoms with Gasteiger partial charge in [0.1, 0.15) is 0 Å². The molecule has 48 valence electrons. The van der Waals surface area contributed by atoms with Gasteiger partial charge in [-0.2, -0.15) is 0 Å². The van der Waals surface area contributed by atoms with Gasteiger partial charge in [0.2, 0.25) is 0 Å². The van der Waals surface area contributed by atoms with Crippen LogP contribution in [0.15, 0.2) is 24.4 Å². The van der Waals surface area contributed by atoms with E-state index in [1.165, 1.54) is 0 Å². The Balaban J connectivity index is 2.57. The van der Waals surface area contributed by atoms with Crippen LogP contribution >= 0.6 is 0 Å². The van der Waals surface area contributed by atoms with Gasteiger partial charge in [-0.05, 0) is 18.2 Å². The van der Waals surface area contributed by atoms with E-state index < -0.39 is 0 Å². The second-order valence-electron chi connectivity index (χ2n) is 1.76. The van der Waals surface area contributed by atoms with Crippen LogP contribution in [0.3, 0.4) is 0 Å². The number of hydrogen-bond acceptors (Lipinski definition) is 1. The van der Waals surface area contributed by atoms with E-state index in [1.54, 1.807) is 0 Å². The van der Waals surface area contributed by atoms with Crippen molar-refractivity contribution in [2.45, 2.75) is 0 Å². The Kier molecular flexibility index (Phi) is 2.10. The van der Waals surface area contributed by atoms with Crippen molar-refractivity contribution in [3.05, 3.63) is 30.1 Å². The molecule has 1 aromatic rings. The third-order valence-electron chi connectivity index (χ3n) is 1.06. The molecule has 0 aliphatic rings. The topological polar surface area (TPSA) is 41.8 Å². The molecule has 0 aliphatic heterocycles. The van der Waals surface area contributed by atoms with E-state index >= 15 is 0 Å². The molecule has 0 saturated heterocycles. The summed E-state index contributed by atoms with van der Waals surface area (Å²) in [7, 11) is 0. The second-order valence-corrected chi connectivity index (χ2v) is 1.76. The van der Waals surface area contributed by atoms with Crippen LogP contribution in [0.4, 0.5) is 0 Å². The molecular formula is C7H10N2. The summed E-state index contributed by atoms with van der Waals surface area (Å²) in [6.45, 7) is 0.596. The first-order valence-corrected chi connectivity index (χ1v) is 2.93. The zero-order chi connectivity index (χ0) is 6.53. The van der Waals surface area contributed by atoms with Crippen molar-refractivity contribution in [1.29, 1.82) is 0 Å². The Morgan fingerprint density at radius 3 is 3.11 bits per heavy atom. The summed E-state index contributed by atoms with van der Waals surface area (Å²) in [6, 6.07) is 3.95. The van der Waals surface area contributed by atoms with Gasteiger partial charge in [-0.1, -0.05) is 6.08 Å². The largest absolute Gasteiger partial charge is 0.362 e. The van der Waals surface area contributed by atoms with Crippen LogP contribution in [0.1, 0.15) is 5.69 Å². The van der Waals surface area contributed by atoms with Crippen molar-refractivity contribution >= 4 is 6.08 Å². The number of H-pyrrole nitrogens is 1. The molecule has 1 aromatic heterocycles. The van der Waals surface area contributed by atoms with Gasteiger partial charge >= 0.3 is 0 Å². The molecule has 0 atom stereocenters. The maximum atomic E-state index is 5.24. The Hall–Kier alpha value is -1.02. The van der Waals surface area contributed by atoms with Gasteiger partial charge in [-0.3, -0.25) is 0 Å². The Morgan fingerprint density at radius 2 is 2.56 bits per heavy atom. The summed E-state index contributed by atoms with van der Waals surface area (Å²) in [6.07, 6.45) is 5.75. The van der Waals surface area contributed by atoms with Crippen LogP contribution in [0, 0.1) is 0 Å². The van der Waals surface area contributed by atoms with E-state index in [1.807, 2.05) is 30.5 Å². The fourth-order valence-electron chi connectivity index (χ4n) is 0.643. The van der Waals surface area contributed by atoms with Crippen molar-refractivity contribution in [3.63, 3.8) is 0 Å². The van der Waals surface area contributed by atoms with Crippen molar-refractivity contribution in [2.24, 2.45) is 5.73 Å². The molecule has 0 saturated carbocycles. The Morgan fingerprint density at radius 1 is 1.67 bits per heavy atom. The number of nitrogens with one attached hydrogen (secondary N) is 1. The number of nitrogens with two attached hydrogens (primary N) is 1. The van der Waals surface area contributed by atoms with E-state index in [-0.39, 0.29) is 0 Å². The zero-order valence-electron chi connectivity index (χ0n) is 5.17. The normalized spacial score (nSPS) is 10.8. The highest BCUT2D eigenvalue weighted by molar-refractivity contribution is 5.44. The Labute approximate surface area is 54.4 Å². The van der Waals surface area contributed by atoms with E-state index in [2.05, 4.69) is 4.98 Å². The average Bonchev–Trinajstić information content (AvgIpc) is 2.34. The first-order valence-electron chi connectivity index (χ1n) is 2.93. The minimum atomic E-state index is 0.596. The van der Waals surface area contributed by atoms with Crippen molar-refractivity contribution in [3.8, 4) is 0 Å². The third-order valence-corrected chi connectivity index (χ3v) is 1.06. The minimum absolute atomic E-state index is 0.596. The van der Waals surface area contributed by atoms with Gasteiger partial charge in [-0.15, -0.1) is 0 Å². The molecule has 0 aromatic carbocycles. The van der Waals surface area contributed by atoms with Gasteiger partial charge < -0.3 is 10.7 Å². The molecule has 9 heavy (non-hydrogen) atoms. The lowest BCUT2D eigenvalue weighted by Crippen LogP contribution is -1.91. The highest BCUT2D eigenvalue weighted by Crippen LogP contribution is 1.95. The van der Waals surface area contributed by atoms with E-state index in [9.17, 15) is 0 Å². The molecule has 0 radical (unpaired) electrons. The standard InChI is InChI=1S/C7H10N2/c8-5-1-3-7-4-2-6-9-7/h1-4,6,9H,5,8H2/b3-1+. The highest BCUT2D eigenvalue weighted by Gasteiger charge is 1.79. The monoisotopic (exact) mass is 122 g/mol. The lowest BCUT2D eigenvalue weighted by molar-refractivity contribution is 1.26. The van der Waals surface area contributed by atoms with E-state index in [0.717, 1.165) is 5.69 Å². The summed E-state index contributed by atoms with van der Waals surface area (Å²) in [5, 5.41) is 0. The average molecular weight is 122 g/mol. The second kappa shape index (κ2) is 3.10. The van der Waals surface area contributed by atoms with Crippen molar-refractivity contribution < 1.29 is 0 Å². The SMILES string of the molecule is NC/C=C/c1ccc[nH]1. The first-order chi connectivity index (χ1) is 4.43. The van der Waals surface area contributed by atoms with Crippen LogP contribution < -0.4 is 5.73 Å². The molecule has 1 heterocycles. The molecule has 0 spiro atoms. The molecule has 2 heteroatoms. The van der Waals surface area contributed by atoms with Crippen LogP contribution in [-0.2, 0) is 0 Å². The highest BCUT2D eigenvalue weighted by atomic mass is 14.7. The maximum absolute atomic E-state index is 5.24. The quantitative estimate of drug-likeness (QED) is 0.603. The molecule has 0 fully saturated rings. The molecule has 0 amide bonds.